The Balaban J connectivity index is 1.75. The summed E-state index contributed by atoms with van der Waals surface area (Å²) in [7, 11) is 0. The normalized spacial score (nSPS) is 17.3. The largest absolute Gasteiger partial charge is 0.314 e. The molecule has 1 aliphatic heterocycles. The van der Waals surface area contributed by atoms with Crippen molar-refractivity contribution >= 4 is 0 Å². The molecule has 94 valence electrons. The van der Waals surface area contributed by atoms with Crippen LogP contribution in [0.15, 0.2) is 18.2 Å². The zero-order valence-electron chi connectivity index (χ0n) is 9.88. The lowest BCUT2D eigenvalue weighted by molar-refractivity contribution is 0.238. The first kappa shape index (κ1) is 12.5. The van der Waals surface area contributed by atoms with E-state index in [2.05, 4.69) is 10.2 Å². The Bertz CT molecular complexity index is 362. The minimum absolute atomic E-state index is 0.746. The lowest BCUT2D eigenvalue weighted by Crippen LogP contribution is -2.43. The summed E-state index contributed by atoms with van der Waals surface area (Å²) < 4.78 is 25.7. The number of benzene rings is 1. The lowest BCUT2D eigenvalue weighted by Gasteiger charge is -2.27. The van der Waals surface area contributed by atoms with Gasteiger partial charge in [0.15, 0.2) is 11.6 Å². The molecule has 1 N–H and O–H groups in total. The van der Waals surface area contributed by atoms with E-state index in [9.17, 15) is 8.78 Å². The first-order chi connectivity index (χ1) is 8.25. The Morgan fingerprint density at radius 2 is 1.88 bits per heavy atom. The van der Waals surface area contributed by atoms with Gasteiger partial charge >= 0.3 is 0 Å². The summed E-state index contributed by atoms with van der Waals surface area (Å²) in [5, 5.41) is 3.30. The molecular formula is C13H18F2N2. The van der Waals surface area contributed by atoms with Gasteiger partial charge in [-0.1, -0.05) is 6.07 Å². The molecule has 1 aromatic carbocycles. The van der Waals surface area contributed by atoms with Gasteiger partial charge in [0.2, 0.25) is 0 Å². The van der Waals surface area contributed by atoms with Crippen molar-refractivity contribution < 1.29 is 8.78 Å². The fourth-order valence-corrected chi connectivity index (χ4v) is 2.14. The van der Waals surface area contributed by atoms with Gasteiger partial charge in [-0.15, -0.1) is 0 Å². The van der Waals surface area contributed by atoms with Crippen LogP contribution in [0, 0.1) is 11.6 Å². The van der Waals surface area contributed by atoms with Gasteiger partial charge in [-0.2, -0.15) is 0 Å². The number of piperazine rings is 1. The molecule has 0 saturated carbocycles. The lowest BCUT2D eigenvalue weighted by atomic mass is 10.1. The van der Waals surface area contributed by atoms with E-state index in [4.69, 9.17) is 0 Å². The van der Waals surface area contributed by atoms with Crippen LogP contribution >= 0.6 is 0 Å². The number of hydrogen-bond donors (Lipinski definition) is 1. The molecule has 0 amide bonds. The Morgan fingerprint density at radius 3 is 2.59 bits per heavy atom. The second kappa shape index (κ2) is 6.07. The average Bonchev–Trinajstić information content (AvgIpc) is 2.35. The highest BCUT2D eigenvalue weighted by Crippen LogP contribution is 2.10. The molecule has 2 rings (SSSR count). The highest BCUT2D eigenvalue weighted by atomic mass is 19.2. The van der Waals surface area contributed by atoms with Gasteiger partial charge in [0, 0.05) is 26.2 Å². The molecule has 2 nitrogen and oxygen atoms in total. The topological polar surface area (TPSA) is 15.3 Å². The number of rotatable bonds is 4. The molecule has 1 heterocycles. The molecule has 0 aromatic heterocycles. The van der Waals surface area contributed by atoms with E-state index in [1.54, 1.807) is 6.07 Å². The fraction of sp³-hybridized carbons (Fsp3) is 0.538. The second-order valence-corrected chi connectivity index (χ2v) is 4.44. The molecular weight excluding hydrogens is 222 g/mol. The first-order valence-corrected chi connectivity index (χ1v) is 6.13. The summed E-state index contributed by atoms with van der Waals surface area (Å²) in [5.41, 5.74) is 0.874. The van der Waals surface area contributed by atoms with E-state index in [0.29, 0.717) is 0 Å². The van der Waals surface area contributed by atoms with Crippen molar-refractivity contribution in [1.82, 2.24) is 10.2 Å². The molecule has 0 bridgehead atoms. The third-order valence-electron chi connectivity index (χ3n) is 3.13. The predicted octanol–water partition coefficient (Wildman–Crippen LogP) is 1.80. The molecule has 0 spiro atoms. The van der Waals surface area contributed by atoms with Gasteiger partial charge in [-0.05, 0) is 37.1 Å². The third kappa shape index (κ3) is 3.75. The molecule has 4 heteroatoms. The number of halogens is 2. The maximum Gasteiger partial charge on any atom is 0.159 e. The monoisotopic (exact) mass is 240 g/mol. The minimum Gasteiger partial charge on any atom is -0.314 e. The van der Waals surface area contributed by atoms with E-state index in [1.165, 1.54) is 12.1 Å². The number of nitrogens with zero attached hydrogens (tertiary/aromatic N) is 1. The molecule has 1 aromatic rings. The Kier molecular flexibility index (Phi) is 4.45. The van der Waals surface area contributed by atoms with Crippen LogP contribution in [0.4, 0.5) is 8.78 Å². The molecule has 1 aliphatic rings. The van der Waals surface area contributed by atoms with Crippen molar-refractivity contribution in [2.24, 2.45) is 0 Å². The summed E-state index contributed by atoms with van der Waals surface area (Å²) >= 11 is 0. The van der Waals surface area contributed by atoms with Crippen LogP contribution < -0.4 is 5.32 Å². The molecule has 0 atom stereocenters. The van der Waals surface area contributed by atoms with Crippen LogP contribution in [0.3, 0.4) is 0 Å². The Labute approximate surface area is 101 Å². The van der Waals surface area contributed by atoms with Crippen LogP contribution in [0.5, 0.6) is 0 Å². The molecule has 0 radical (unpaired) electrons. The minimum atomic E-state index is -0.768. The molecule has 0 aliphatic carbocycles. The van der Waals surface area contributed by atoms with Crippen LogP contribution in [-0.4, -0.2) is 37.6 Å². The van der Waals surface area contributed by atoms with Crippen LogP contribution in [0.25, 0.3) is 0 Å². The van der Waals surface area contributed by atoms with Crippen LogP contribution in [0.2, 0.25) is 0 Å². The molecule has 1 fully saturated rings. The van der Waals surface area contributed by atoms with Crippen molar-refractivity contribution in [3.63, 3.8) is 0 Å². The van der Waals surface area contributed by atoms with Crippen molar-refractivity contribution in [3.05, 3.63) is 35.4 Å². The van der Waals surface area contributed by atoms with Crippen molar-refractivity contribution in [3.8, 4) is 0 Å². The van der Waals surface area contributed by atoms with Gasteiger partial charge in [0.1, 0.15) is 0 Å². The summed E-state index contributed by atoms with van der Waals surface area (Å²) in [5.74, 6) is -1.51. The van der Waals surface area contributed by atoms with E-state index in [1.807, 2.05) is 0 Å². The number of nitrogens with one attached hydrogen (secondary N) is 1. The summed E-state index contributed by atoms with van der Waals surface area (Å²) in [6.07, 6.45) is 1.80. The van der Waals surface area contributed by atoms with E-state index >= 15 is 0 Å². The van der Waals surface area contributed by atoms with E-state index < -0.39 is 11.6 Å². The summed E-state index contributed by atoms with van der Waals surface area (Å²) in [6, 6.07) is 4.17. The predicted molar refractivity (Wildman–Crippen MR) is 64.0 cm³/mol. The molecule has 1 saturated heterocycles. The SMILES string of the molecule is Fc1ccc(CCCN2CCNCC2)cc1F. The van der Waals surface area contributed by atoms with Gasteiger partial charge in [0.25, 0.3) is 0 Å². The zero-order chi connectivity index (χ0) is 12.1. The van der Waals surface area contributed by atoms with Crippen LogP contribution in [-0.2, 0) is 6.42 Å². The quantitative estimate of drug-likeness (QED) is 0.863. The van der Waals surface area contributed by atoms with Crippen LogP contribution in [0.1, 0.15) is 12.0 Å². The first-order valence-electron chi connectivity index (χ1n) is 6.13. The standard InChI is InChI=1S/C13H18F2N2/c14-12-4-3-11(10-13(12)15)2-1-7-17-8-5-16-6-9-17/h3-4,10,16H,1-2,5-9H2. The Morgan fingerprint density at radius 1 is 1.12 bits per heavy atom. The second-order valence-electron chi connectivity index (χ2n) is 4.44. The summed E-state index contributed by atoms with van der Waals surface area (Å²) in [6.45, 7) is 5.28. The highest BCUT2D eigenvalue weighted by molar-refractivity contribution is 5.17. The van der Waals surface area contributed by atoms with Crippen molar-refractivity contribution in [1.29, 1.82) is 0 Å². The fourth-order valence-electron chi connectivity index (χ4n) is 2.14. The van der Waals surface area contributed by atoms with Gasteiger partial charge in [-0.25, -0.2) is 8.78 Å². The average molecular weight is 240 g/mol. The zero-order valence-corrected chi connectivity index (χ0v) is 9.88. The smallest absolute Gasteiger partial charge is 0.159 e. The summed E-state index contributed by atoms with van der Waals surface area (Å²) in [4.78, 5) is 2.40. The Hall–Kier alpha value is -1.00. The highest BCUT2D eigenvalue weighted by Gasteiger charge is 2.09. The molecule has 0 unspecified atom stereocenters. The van der Waals surface area contributed by atoms with Crippen molar-refractivity contribution in [2.75, 3.05) is 32.7 Å². The maximum atomic E-state index is 13.0. The van der Waals surface area contributed by atoms with Crippen molar-refractivity contribution in [2.45, 2.75) is 12.8 Å². The van der Waals surface area contributed by atoms with E-state index in [-0.39, 0.29) is 0 Å². The number of hydrogen-bond acceptors (Lipinski definition) is 2. The third-order valence-corrected chi connectivity index (χ3v) is 3.13. The van der Waals surface area contributed by atoms with Gasteiger partial charge < -0.3 is 10.2 Å². The van der Waals surface area contributed by atoms with E-state index in [0.717, 1.165) is 51.1 Å². The van der Waals surface area contributed by atoms with Gasteiger partial charge in [0.05, 0.1) is 0 Å². The van der Waals surface area contributed by atoms with Gasteiger partial charge in [-0.3, -0.25) is 0 Å². The number of aryl methyl sites for hydroxylation is 1. The maximum absolute atomic E-state index is 13.0. The molecule has 17 heavy (non-hydrogen) atoms.